The van der Waals surface area contributed by atoms with Crippen LogP contribution in [0.15, 0.2) is 29.4 Å². The van der Waals surface area contributed by atoms with Crippen LogP contribution in [0.5, 0.6) is 0 Å². The molecule has 21 heavy (non-hydrogen) atoms. The minimum atomic E-state index is -3.78. The molecule has 0 fully saturated rings. The van der Waals surface area contributed by atoms with Crippen molar-refractivity contribution in [2.24, 2.45) is 0 Å². The van der Waals surface area contributed by atoms with Crippen LogP contribution in [0.2, 0.25) is 0 Å². The smallest absolute Gasteiger partial charge is 0.337 e. The summed E-state index contributed by atoms with van der Waals surface area (Å²) >= 11 is 0. The molecule has 0 saturated carbocycles. The van der Waals surface area contributed by atoms with Gasteiger partial charge in [0.2, 0.25) is 10.0 Å². The van der Waals surface area contributed by atoms with E-state index in [9.17, 15) is 13.2 Å². The van der Waals surface area contributed by atoms with Gasteiger partial charge in [-0.25, -0.2) is 22.9 Å². The van der Waals surface area contributed by atoms with Crippen molar-refractivity contribution in [1.82, 2.24) is 19.9 Å². The Morgan fingerprint density at radius 1 is 1.43 bits per heavy atom. The van der Waals surface area contributed by atoms with E-state index in [2.05, 4.69) is 24.6 Å². The molecule has 0 atom stereocenters. The molecule has 0 bridgehead atoms. The molecule has 0 amide bonds. The van der Waals surface area contributed by atoms with E-state index in [1.807, 2.05) is 0 Å². The summed E-state index contributed by atoms with van der Waals surface area (Å²) < 4.78 is 31.5. The minimum absolute atomic E-state index is 0.0184. The normalized spacial score (nSPS) is 11.3. The number of nitrogens with one attached hydrogen (secondary N) is 2. The summed E-state index contributed by atoms with van der Waals surface area (Å²) in [5, 5.41) is 6.18. The van der Waals surface area contributed by atoms with Crippen LogP contribution in [0.25, 0.3) is 0 Å². The third-order valence-electron chi connectivity index (χ3n) is 2.79. The Hall–Kier alpha value is -2.26. The van der Waals surface area contributed by atoms with Gasteiger partial charge in [-0.15, -0.1) is 0 Å². The van der Waals surface area contributed by atoms with Crippen molar-refractivity contribution in [2.45, 2.75) is 18.4 Å². The third kappa shape index (κ3) is 3.44. The van der Waals surface area contributed by atoms with E-state index < -0.39 is 16.0 Å². The highest BCUT2D eigenvalue weighted by Gasteiger charge is 2.19. The van der Waals surface area contributed by atoms with Crippen LogP contribution >= 0.6 is 0 Å². The maximum Gasteiger partial charge on any atom is 0.337 e. The van der Waals surface area contributed by atoms with E-state index in [1.54, 1.807) is 13.0 Å². The molecule has 0 aliphatic heterocycles. The number of rotatable bonds is 5. The molecule has 1 aromatic heterocycles. The molecule has 0 saturated heterocycles. The topological polar surface area (TPSA) is 114 Å². The number of esters is 1. The first-order valence-electron chi connectivity index (χ1n) is 5.97. The molecule has 0 unspecified atom stereocenters. The van der Waals surface area contributed by atoms with E-state index in [0.29, 0.717) is 11.4 Å². The fraction of sp³-hybridized carbons (Fsp3) is 0.250. The highest BCUT2D eigenvalue weighted by Crippen LogP contribution is 2.17. The first-order valence-corrected chi connectivity index (χ1v) is 7.45. The maximum atomic E-state index is 12.3. The lowest BCUT2D eigenvalue weighted by atomic mass is 10.1. The van der Waals surface area contributed by atoms with Gasteiger partial charge >= 0.3 is 5.97 Å². The van der Waals surface area contributed by atoms with Crippen molar-refractivity contribution in [3.05, 3.63) is 41.5 Å². The molecule has 9 heteroatoms. The Kier molecular flexibility index (Phi) is 4.34. The van der Waals surface area contributed by atoms with Crippen LogP contribution in [0, 0.1) is 6.92 Å². The first kappa shape index (κ1) is 15.1. The van der Waals surface area contributed by atoms with Crippen molar-refractivity contribution in [3.63, 3.8) is 0 Å². The monoisotopic (exact) mass is 310 g/mol. The first-order chi connectivity index (χ1) is 9.94. The lowest BCUT2D eigenvalue weighted by Gasteiger charge is -2.09. The molecule has 112 valence electrons. The second-order valence-electron chi connectivity index (χ2n) is 4.23. The molecule has 0 aliphatic rings. The zero-order valence-corrected chi connectivity index (χ0v) is 12.3. The van der Waals surface area contributed by atoms with E-state index in [4.69, 9.17) is 0 Å². The number of carbonyl (C=O) groups is 1. The standard InChI is InChI=1S/C12H14N4O4S/c1-8-3-4-9(12(17)20-2)5-10(8)21(18,19)15-6-11-13-7-14-16-11/h3-5,7,15H,6H2,1-2H3,(H,13,14,16). The van der Waals surface area contributed by atoms with Crippen LogP contribution in [0.3, 0.4) is 0 Å². The van der Waals surface area contributed by atoms with E-state index in [1.165, 1.54) is 25.6 Å². The molecule has 0 aliphatic carbocycles. The molecule has 0 spiro atoms. The van der Waals surface area contributed by atoms with Crippen molar-refractivity contribution in [3.8, 4) is 0 Å². The van der Waals surface area contributed by atoms with Gasteiger partial charge in [-0.05, 0) is 24.6 Å². The molecule has 2 aromatic rings. The van der Waals surface area contributed by atoms with Crippen molar-refractivity contribution < 1.29 is 17.9 Å². The van der Waals surface area contributed by atoms with Crippen LogP contribution in [0.4, 0.5) is 0 Å². The predicted molar refractivity (Wildman–Crippen MR) is 72.9 cm³/mol. The van der Waals surface area contributed by atoms with E-state index >= 15 is 0 Å². The number of methoxy groups -OCH3 is 1. The van der Waals surface area contributed by atoms with Gasteiger partial charge in [0.15, 0.2) is 0 Å². The summed E-state index contributed by atoms with van der Waals surface area (Å²) in [7, 11) is -2.54. The summed E-state index contributed by atoms with van der Waals surface area (Å²) in [4.78, 5) is 15.3. The number of aromatic amines is 1. The minimum Gasteiger partial charge on any atom is -0.465 e. The average Bonchev–Trinajstić information content (AvgIpc) is 2.98. The number of benzene rings is 1. The highest BCUT2D eigenvalue weighted by molar-refractivity contribution is 7.89. The maximum absolute atomic E-state index is 12.3. The number of ether oxygens (including phenoxy) is 1. The van der Waals surface area contributed by atoms with Gasteiger partial charge < -0.3 is 4.74 Å². The largest absolute Gasteiger partial charge is 0.465 e. The van der Waals surface area contributed by atoms with Gasteiger partial charge in [-0.1, -0.05) is 6.07 Å². The second kappa shape index (κ2) is 6.02. The summed E-state index contributed by atoms with van der Waals surface area (Å²) in [6, 6.07) is 4.34. The van der Waals surface area contributed by atoms with Crippen LogP contribution in [0.1, 0.15) is 21.7 Å². The molecule has 1 aromatic carbocycles. The van der Waals surface area contributed by atoms with Crippen molar-refractivity contribution >= 4 is 16.0 Å². The van der Waals surface area contributed by atoms with Crippen molar-refractivity contribution in [1.29, 1.82) is 0 Å². The Balaban J connectivity index is 2.28. The van der Waals surface area contributed by atoms with Crippen LogP contribution < -0.4 is 4.72 Å². The lowest BCUT2D eigenvalue weighted by Crippen LogP contribution is -2.25. The zero-order valence-electron chi connectivity index (χ0n) is 11.5. The lowest BCUT2D eigenvalue weighted by molar-refractivity contribution is 0.0600. The third-order valence-corrected chi connectivity index (χ3v) is 4.34. The Morgan fingerprint density at radius 2 is 2.19 bits per heavy atom. The highest BCUT2D eigenvalue weighted by atomic mass is 32.2. The number of carbonyl (C=O) groups excluding carboxylic acids is 1. The summed E-state index contributed by atoms with van der Waals surface area (Å²) in [6.45, 7) is 1.62. The summed E-state index contributed by atoms with van der Waals surface area (Å²) in [5.74, 6) is -0.206. The zero-order chi connectivity index (χ0) is 15.5. The summed E-state index contributed by atoms with van der Waals surface area (Å²) in [6.07, 6.45) is 1.28. The Morgan fingerprint density at radius 3 is 2.81 bits per heavy atom. The quantitative estimate of drug-likeness (QED) is 0.772. The predicted octanol–water partition coefficient (Wildman–Crippen LogP) is 0.378. The number of hydrogen-bond donors (Lipinski definition) is 2. The number of H-pyrrole nitrogens is 1. The van der Waals surface area contributed by atoms with Gasteiger partial charge in [0.25, 0.3) is 0 Å². The number of aryl methyl sites for hydroxylation is 1. The van der Waals surface area contributed by atoms with E-state index in [0.717, 1.165) is 0 Å². The van der Waals surface area contributed by atoms with Crippen LogP contribution in [-0.2, 0) is 21.3 Å². The van der Waals surface area contributed by atoms with Gasteiger partial charge in [-0.2, -0.15) is 5.10 Å². The number of aromatic nitrogens is 3. The molecular formula is C12H14N4O4S. The fourth-order valence-electron chi connectivity index (χ4n) is 1.69. The average molecular weight is 310 g/mol. The second-order valence-corrected chi connectivity index (χ2v) is 5.96. The molecule has 1 heterocycles. The summed E-state index contributed by atoms with van der Waals surface area (Å²) in [5.41, 5.74) is 0.691. The van der Waals surface area contributed by atoms with Gasteiger partial charge in [0.1, 0.15) is 12.2 Å². The SMILES string of the molecule is COC(=O)c1ccc(C)c(S(=O)(=O)NCc2ncn[nH]2)c1. The van der Waals surface area contributed by atoms with Gasteiger partial charge in [0.05, 0.1) is 24.1 Å². The van der Waals surface area contributed by atoms with Crippen molar-refractivity contribution in [2.75, 3.05) is 7.11 Å². The molecule has 0 radical (unpaired) electrons. The molecule has 2 N–H and O–H groups in total. The number of hydrogen-bond acceptors (Lipinski definition) is 6. The van der Waals surface area contributed by atoms with Gasteiger partial charge in [0, 0.05) is 0 Å². The fourth-order valence-corrected chi connectivity index (χ4v) is 2.95. The molecule has 2 rings (SSSR count). The van der Waals surface area contributed by atoms with E-state index in [-0.39, 0.29) is 17.0 Å². The molecular weight excluding hydrogens is 296 g/mol. The molecule has 8 nitrogen and oxygen atoms in total. The van der Waals surface area contributed by atoms with Gasteiger partial charge in [-0.3, -0.25) is 5.10 Å². The Bertz CT molecular complexity index is 741. The van der Waals surface area contributed by atoms with Crippen LogP contribution in [-0.4, -0.2) is 36.7 Å². The number of nitrogens with zero attached hydrogens (tertiary/aromatic N) is 2. The Labute approximate surface area is 121 Å². The number of sulfonamides is 1.